The van der Waals surface area contributed by atoms with Gasteiger partial charge in [-0.2, -0.15) is 5.10 Å². The minimum absolute atomic E-state index is 0.00429. The predicted octanol–water partition coefficient (Wildman–Crippen LogP) is 2.26. The Balaban J connectivity index is 1.78. The molecular formula is C20H28N4O2. The molecule has 3 rings (SSSR count). The number of aromatic nitrogens is 2. The molecule has 2 N–H and O–H groups in total. The first-order valence-electron chi connectivity index (χ1n) is 9.14. The maximum atomic E-state index is 12.7. The highest BCUT2D eigenvalue weighted by Crippen LogP contribution is 2.24. The van der Waals surface area contributed by atoms with Crippen LogP contribution in [0.5, 0.6) is 0 Å². The number of nitrogens with zero attached hydrogens (tertiary/aromatic N) is 3. The highest BCUT2D eigenvalue weighted by Gasteiger charge is 2.32. The van der Waals surface area contributed by atoms with Gasteiger partial charge < -0.3 is 15.4 Å². The molecule has 0 radical (unpaired) electrons. The monoisotopic (exact) mass is 356 g/mol. The summed E-state index contributed by atoms with van der Waals surface area (Å²) in [7, 11) is 1.82. The molecule has 26 heavy (non-hydrogen) atoms. The van der Waals surface area contributed by atoms with Crippen LogP contribution < -0.4 is 5.73 Å². The molecule has 0 unspecified atom stereocenters. The summed E-state index contributed by atoms with van der Waals surface area (Å²) in [6.45, 7) is 7.11. The normalized spacial score (nSPS) is 19.7. The van der Waals surface area contributed by atoms with Gasteiger partial charge in [0, 0.05) is 31.4 Å². The summed E-state index contributed by atoms with van der Waals surface area (Å²) >= 11 is 0. The molecule has 1 aromatic carbocycles. The summed E-state index contributed by atoms with van der Waals surface area (Å²) in [5, 5.41) is 4.71. The van der Waals surface area contributed by atoms with Gasteiger partial charge in [-0.3, -0.25) is 4.79 Å². The molecule has 2 heterocycles. The first-order chi connectivity index (χ1) is 12.4. The lowest BCUT2D eigenvalue weighted by Crippen LogP contribution is -2.37. The SMILES string of the molecule is Cc1ccccc1-n1nc(C)c(CN(C)C(=O)[C@@H]2CC[C@H](CN)O2)c1C. The predicted molar refractivity (Wildman–Crippen MR) is 101 cm³/mol. The number of para-hydroxylation sites is 1. The lowest BCUT2D eigenvalue weighted by atomic mass is 10.1. The van der Waals surface area contributed by atoms with Crippen LogP contribution in [0.4, 0.5) is 0 Å². The Morgan fingerprint density at radius 3 is 2.69 bits per heavy atom. The van der Waals surface area contributed by atoms with E-state index in [0.29, 0.717) is 13.1 Å². The molecule has 1 aliphatic heterocycles. The Labute approximate surface area is 154 Å². The van der Waals surface area contributed by atoms with Crippen molar-refractivity contribution in [2.45, 2.75) is 52.4 Å². The Hall–Kier alpha value is -2.18. The van der Waals surface area contributed by atoms with Gasteiger partial charge in [-0.25, -0.2) is 4.68 Å². The van der Waals surface area contributed by atoms with Crippen molar-refractivity contribution in [3.05, 3.63) is 46.8 Å². The van der Waals surface area contributed by atoms with Crippen molar-refractivity contribution in [1.82, 2.24) is 14.7 Å². The van der Waals surface area contributed by atoms with Crippen LogP contribution >= 0.6 is 0 Å². The molecule has 1 aromatic heterocycles. The van der Waals surface area contributed by atoms with Crippen molar-refractivity contribution in [2.75, 3.05) is 13.6 Å². The fourth-order valence-corrected chi connectivity index (χ4v) is 3.56. The third-order valence-electron chi connectivity index (χ3n) is 5.20. The zero-order valence-electron chi connectivity index (χ0n) is 16.0. The zero-order chi connectivity index (χ0) is 18.8. The van der Waals surface area contributed by atoms with Gasteiger partial charge in [0.15, 0.2) is 0 Å². The second kappa shape index (κ2) is 7.60. The van der Waals surface area contributed by atoms with E-state index in [2.05, 4.69) is 26.0 Å². The molecule has 140 valence electrons. The van der Waals surface area contributed by atoms with Crippen molar-refractivity contribution in [3.63, 3.8) is 0 Å². The molecule has 0 aliphatic carbocycles. The number of carbonyl (C=O) groups excluding carboxylic acids is 1. The molecule has 0 bridgehead atoms. The van der Waals surface area contributed by atoms with Crippen LogP contribution in [0, 0.1) is 20.8 Å². The molecule has 1 amide bonds. The van der Waals surface area contributed by atoms with Crippen molar-refractivity contribution < 1.29 is 9.53 Å². The molecule has 0 spiro atoms. The van der Waals surface area contributed by atoms with E-state index in [9.17, 15) is 4.79 Å². The van der Waals surface area contributed by atoms with Crippen LogP contribution in [-0.2, 0) is 16.1 Å². The number of rotatable bonds is 5. The molecule has 0 saturated carbocycles. The summed E-state index contributed by atoms with van der Waals surface area (Å²) in [4.78, 5) is 14.4. The fraction of sp³-hybridized carbons (Fsp3) is 0.500. The minimum atomic E-state index is -0.374. The first kappa shape index (κ1) is 18.6. The Morgan fingerprint density at radius 1 is 1.31 bits per heavy atom. The minimum Gasteiger partial charge on any atom is -0.364 e. The van der Waals surface area contributed by atoms with Crippen molar-refractivity contribution in [3.8, 4) is 5.69 Å². The number of likely N-dealkylation sites (N-methyl/N-ethyl adjacent to an activating group) is 1. The van der Waals surface area contributed by atoms with E-state index in [-0.39, 0.29) is 18.1 Å². The van der Waals surface area contributed by atoms with Gasteiger partial charge in [0.25, 0.3) is 5.91 Å². The molecule has 1 saturated heterocycles. The summed E-state index contributed by atoms with van der Waals surface area (Å²) < 4.78 is 7.71. The average Bonchev–Trinajstić information content (AvgIpc) is 3.21. The van der Waals surface area contributed by atoms with Gasteiger partial charge in [-0.05, 0) is 45.2 Å². The van der Waals surface area contributed by atoms with E-state index in [1.165, 1.54) is 5.56 Å². The van der Waals surface area contributed by atoms with Gasteiger partial charge in [-0.1, -0.05) is 18.2 Å². The van der Waals surface area contributed by atoms with E-state index in [1.807, 2.05) is 30.8 Å². The quantitative estimate of drug-likeness (QED) is 0.892. The number of nitrogens with two attached hydrogens (primary N) is 1. The summed E-state index contributed by atoms with van der Waals surface area (Å²) in [6, 6.07) is 8.17. The molecular weight excluding hydrogens is 328 g/mol. The van der Waals surface area contributed by atoms with Gasteiger partial charge in [0.05, 0.1) is 17.5 Å². The molecule has 2 aromatic rings. The summed E-state index contributed by atoms with van der Waals surface area (Å²) in [5.74, 6) is 0.0170. The van der Waals surface area contributed by atoms with Crippen molar-refractivity contribution >= 4 is 5.91 Å². The van der Waals surface area contributed by atoms with Gasteiger partial charge in [0.1, 0.15) is 6.10 Å². The van der Waals surface area contributed by atoms with E-state index in [0.717, 1.165) is 35.5 Å². The van der Waals surface area contributed by atoms with Gasteiger partial charge in [0.2, 0.25) is 0 Å². The Kier molecular flexibility index (Phi) is 5.44. The highest BCUT2D eigenvalue weighted by molar-refractivity contribution is 5.81. The van der Waals surface area contributed by atoms with Crippen LogP contribution in [0.2, 0.25) is 0 Å². The number of aryl methyl sites for hydroxylation is 2. The third kappa shape index (κ3) is 3.52. The van der Waals surface area contributed by atoms with E-state index < -0.39 is 0 Å². The van der Waals surface area contributed by atoms with Crippen LogP contribution in [0.1, 0.15) is 35.4 Å². The molecule has 2 atom stereocenters. The summed E-state index contributed by atoms with van der Waals surface area (Å²) in [5.41, 5.74) is 11.0. The van der Waals surface area contributed by atoms with Crippen LogP contribution in [0.3, 0.4) is 0 Å². The maximum absolute atomic E-state index is 12.7. The first-order valence-corrected chi connectivity index (χ1v) is 9.14. The number of hydrogen-bond donors (Lipinski definition) is 1. The third-order valence-corrected chi connectivity index (χ3v) is 5.20. The summed E-state index contributed by atoms with van der Waals surface area (Å²) in [6.07, 6.45) is 1.22. The smallest absolute Gasteiger partial charge is 0.251 e. The van der Waals surface area contributed by atoms with Crippen LogP contribution in [-0.4, -0.2) is 46.4 Å². The van der Waals surface area contributed by atoms with Crippen molar-refractivity contribution in [1.29, 1.82) is 0 Å². The fourth-order valence-electron chi connectivity index (χ4n) is 3.56. The Bertz CT molecular complexity index is 799. The standard InChI is InChI=1S/C20H28N4O2/c1-13-7-5-6-8-18(13)24-15(3)17(14(2)22-24)12-23(4)20(25)19-10-9-16(11-21)26-19/h5-8,16,19H,9-12,21H2,1-4H3/t16-,19+/m1/s1. The molecule has 1 fully saturated rings. The second-order valence-corrected chi connectivity index (χ2v) is 7.10. The van der Waals surface area contributed by atoms with E-state index in [1.54, 1.807) is 4.90 Å². The highest BCUT2D eigenvalue weighted by atomic mass is 16.5. The van der Waals surface area contributed by atoms with Gasteiger partial charge in [-0.15, -0.1) is 0 Å². The number of hydrogen-bond acceptors (Lipinski definition) is 4. The number of amides is 1. The van der Waals surface area contributed by atoms with Gasteiger partial charge >= 0.3 is 0 Å². The number of ether oxygens (including phenoxy) is 1. The van der Waals surface area contributed by atoms with Crippen LogP contribution in [0.15, 0.2) is 24.3 Å². The van der Waals surface area contributed by atoms with Crippen LogP contribution in [0.25, 0.3) is 5.69 Å². The topological polar surface area (TPSA) is 73.4 Å². The molecule has 6 nitrogen and oxygen atoms in total. The van der Waals surface area contributed by atoms with E-state index in [4.69, 9.17) is 15.6 Å². The van der Waals surface area contributed by atoms with Crippen molar-refractivity contribution in [2.24, 2.45) is 5.73 Å². The van der Waals surface area contributed by atoms with E-state index >= 15 is 0 Å². The zero-order valence-corrected chi connectivity index (χ0v) is 16.0. The maximum Gasteiger partial charge on any atom is 0.251 e. The second-order valence-electron chi connectivity index (χ2n) is 7.10. The molecule has 6 heteroatoms. The lowest BCUT2D eigenvalue weighted by Gasteiger charge is -2.21. The number of benzene rings is 1. The largest absolute Gasteiger partial charge is 0.364 e. The molecule has 1 aliphatic rings. The average molecular weight is 356 g/mol. The number of carbonyl (C=O) groups is 1. The lowest BCUT2D eigenvalue weighted by molar-refractivity contribution is -0.141. The Morgan fingerprint density at radius 2 is 2.04 bits per heavy atom.